The number of carbonyl (C=O) groups is 1. The summed E-state index contributed by atoms with van der Waals surface area (Å²) in [7, 11) is 0. The van der Waals surface area contributed by atoms with Crippen LogP contribution in [0.3, 0.4) is 0 Å². The Bertz CT molecular complexity index is 724. The number of aliphatic hydroxyl groups is 1. The molecule has 128 valence electrons. The van der Waals surface area contributed by atoms with Gasteiger partial charge < -0.3 is 9.84 Å². The Balaban J connectivity index is 1.75. The number of rotatable bonds is 2. The van der Waals surface area contributed by atoms with Gasteiger partial charge in [-0.3, -0.25) is 9.69 Å². The first-order valence-corrected chi connectivity index (χ1v) is 9.15. The summed E-state index contributed by atoms with van der Waals surface area (Å²) in [4.78, 5) is 15.5. The summed E-state index contributed by atoms with van der Waals surface area (Å²) in [6.45, 7) is 8.45. The van der Waals surface area contributed by atoms with Crippen LogP contribution in [-0.2, 0) is 9.53 Å². The molecular weight excluding hydrogens is 302 g/mol. The van der Waals surface area contributed by atoms with E-state index in [0.717, 1.165) is 23.2 Å². The maximum atomic E-state index is 13.5. The Hall–Kier alpha value is -1.39. The number of aliphatic hydroxyl groups excluding tert-OH is 1. The smallest absolute Gasteiger partial charge is 0.233 e. The number of anilines is 1. The average Bonchev–Trinajstić information content (AvgIpc) is 3.17. The van der Waals surface area contributed by atoms with Crippen LogP contribution in [0.2, 0.25) is 0 Å². The number of aryl methyl sites for hydroxylation is 2. The number of hydrogen-bond acceptors (Lipinski definition) is 3. The summed E-state index contributed by atoms with van der Waals surface area (Å²) in [6, 6.07) is 6.18. The van der Waals surface area contributed by atoms with Crippen LogP contribution in [-0.4, -0.2) is 28.9 Å². The summed E-state index contributed by atoms with van der Waals surface area (Å²) in [5, 5.41) is 10.6. The largest absolute Gasteiger partial charge is 0.390 e. The Morgan fingerprint density at radius 3 is 2.54 bits per heavy atom. The number of para-hydroxylation sites is 1. The van der Waals surface area contributed by atoms with Crippen molar-refractivity contribution in [3.63, 3.8) is 0 Å². The predicted molar refractivity (Wildman–Crippen MR) is 90.4 cm³/mol. The number of hydrogen-bond donors (Lipinski definition) is 1. The molecule has 4 nitrogen and oxygen atoms in total. The second-order valence-corrected chi connectivity index (χ2v) is 8.51. The maximum Gasteiger partial charge on any atom is 0.233 e. The molecule has 2 saturated heterocycles. The molecule has 24 heavy (non-hydrogen) atoms. The number of fused-ring (bicyclic) bond motifs is 2. The standard InChI is InChI=1S/C20H25NO3/c1-9(2)20-15-13-8-12(17(22)18(13)24-20)14(15)19(23)21(20)16-10(3)6-5-7-11(16)4/h5-7,9,12-15,17-18,22H,8H2,1-4H3/t12-,13-,14-,15+,17-,18+,20-/m1/s1. The zero-order valence-corrected chi connectivity index (χ0v) is 14.7. The Morgan fingerprint density at radius 1 is 1.25 bits per heavy atom. The van der Waals surface area contributed by atoms with Crippen molar-refractivity contribution >= 4 is 11.6 Å². The second-order valence-electron chi connectivity index (χ2n) is 8.51. The molecule has 2 aliphatic carbocycles. The minimum Gasteiger partial charge on any atom is -0.390 e. The summed E-state index contributed by atoms with van der Waals surface area (Å²) in [6.07, 6.45) is 0.377. The van der Waals surface area contributed by atoms with Gasteiger partial charge in [0.2, 0.25) is 5.91 Å². The molecule has 2 heterocycles. The lowest BCUT2D eigenvalue weighted by Gasteiger charge is -2.43. The zero-order valence-electron chi connectivity index (χ0n) is 14.7. The molecule has 1 aromatic carbocycles. The third-order valence-electron chi connectivity index (χ3n) is 7.20. The quantitative estimate of drug-likeness (QED) is 0.908. The van der Waals surface area contributed by atoms with E-state index in [0.29, 0.717) is 5.92 Å². The minimum absolute atomic E-state index is 0.0763. The van der Waals surface area contributed by atoms with Gasteiger partial charge in [0.25, 0.3) is 0 Å². The molecule has 0 spiro atoms. The second kappa shape index (κ2) is 4.41. The van der Waals surface area contributed by atoms with Gasteiger partial charge in [0.15, 0.2) is 5.72 Å². The van der Waals surface area contributed by atoms with E-state index in [2.05, 4.69) is 39.8 Å². The van der Waals surface area contributed by atoms with Crippen LogP contribution in [0.25, 0.3) is 0 Å². The van der Waals surface area contributed by atoms with Gasteiger partial charge in [-0.2, -0.15) is 0 Å². The van der Waals surface area contributed by atoms with Gasteiger partial charge in [0, 0.05) is 11.8 Å². The van der Waals surface area contributed by atoms with Crippen LogP contribution in [0.5, 0.6) is 0 Å². The average molecular weight is 327 g/mol. The first kappa shape index (κ1) is 14.9. The van der Waals surface area contributed by atoms with Crippen LogP contribution >= 0.6 is 0 Å². The van der Waals surface area contributed by atoms with Crippen LogP contribution in [0.15, 0.2) is 18.2 Å². The molecule has 4 aliphatic rings. The zero-order chi connectivity index (χ0) is 17.0. The van der Waals surface area contributed by atoms with Gasteiger partial charge in [-0.15, -0.1) is 0 Å². The normalized spacial score (nSPS) is 45.1. The molecule has 1 N–H and O–H groups in total. The molecule has 0 aromatic heterocycles. The van der Waals surface area contributed by atoms with Gasteiger partial charge in [-0.1, -0.05) is 32.0 Å². The van der Waals surface area contributed by atoms with Gasteiger partial charge in [-0.05, 0) is 43.2 Å². The topological polar surface area (TPSA) is 49.8 Å². The fraction of sp³-hybridized carbons (Fsp3) is 0.650. The highest BCUT2D eigenvalue weighted by Gasteiger charge is 2.79. The van der Waals surface area contributed by atoms with Gasteiger partial charge in [-0.25, -0.2) is 0 Å². The molecule has 4 fully saturated rings. The fourth-order valence-corrected chi connectivity index (χ4v) is 6.43. The minimum atomic E-state index is -0.597. The van der Waals surface area contributed by atoms with E-state index in [1.807, 2.05) is 11.0 Å². The summed E-state index contributed by atoms with van der Waals surface area (Å²) >= 11 is 0. The maximum absolute atomic E-state index is 13.5. The number of carbonyl (C=O) groups excluding carboxylic acids is 1. The predicted octanol–water partition coefficient (Wildman–Crippen LogP) is 2.64. The van der Waals surface area contributed by atoms with Crippen molar-refractivity contribution < 1.29 is 14.6 Å². The molecule has 2 bridgehead atoms. The Morgan fingerprint density at radius 2 is 1.92 bits per heavy atom. The van der Waals surface area contributed by atoms with E-state index in [9.17, 15) is 9.90 Å². The Labute approximate surface area is 142 Å². The highest BCUT2D eigenvalue weighted by Crippen LogP contribution is 2.69. The van der Waals surface area contributed by atoms with E-state index >= 15 is 0 Å². The van der Waals surface area contributed by atoms with Crippen LogP contribution in [0.1, 0.15) is 31.4 Å². The van der Waals surface area contributed by atoms with Crippen molar-refractivity contribution in [3.8, 4) is 0 Å². The Kier molecular flexibility index (Phi) is 2.74. The number of nitrogens with zero attached hydrogens (tertiary/aromatic N) is 1. The molecule has 5 rings (SSSR count). The van der Waals surface area contributed by atoms with E-state index in [-0.39, 0.29) is 35.7 Å². The van der Waals surface area contributed by atoms with Gasteiger partial charge in [0.05, 0.1) is 23.8 Å². The lowest BCUT2D eigenvalue weighted by molar-refractivity contribution is -0.136. The lowest BCUT2D eigenvalue weighted by Crippen LogP contribution is -2.55. The molecule has 4 heteroatoms. The van der Waals surface area contributed by atoms with E-state index in [4.69, 9.17) is 4.74 Å². The highest BCUT2D eigenvalue weighted by molar-refractivity contribution is 6.01. The number of ether oxygens (including phenoxy) is 1. The molecular formula is C20H25NO3. The highest BCUT2D eigenvalue weighted by atomic mass is 16.6. The summed E-state index contributed by atoms with van der Waals surface area (Å²) < 4.78 is 6.59. The first-order chi connectivity index (χ1) is 11.4. The van der Waals surface area contributed by atoms with Crippen molar-refractivity contribution in [2.45, 2.75) is 52.0 Å². The van der Waals surface area contributed by atoms with E-state index in [1.165, 1.54) is 0 Å². The number of amides is 1. The number of benzene rings is 1. The van der Waals surface area contributed by atoms with Crippen molar-refractivity contribution in [2.24, 2.45) is 29.6 Å². The molecule has 1 amide bonds. The van der Waals surface area contributed by atoms with Crippen molar-refractivity contribution in [1.82, 2.24) is 0 Å². The third kappa shape index (κ3) is 1.39. The molecule has 2 saturated carbocycles. The monoisotopic (exact) mass is 327 g/mol. The van der Waals surface area contributed by atoms with Crippen LogP contribution in [0, 0.1) is 43.4 Å². The molecule has 1 aromatic rings. The summed E-state index contributed by atoms with van der Waals surface area (Å²) in [5.74, 6) is 0.901. The molecule has 2 aliphatic heterocycles. The van der Waals surface area contributed by atoms with Crippen LogP contribution in [0.4, 0.5) is 5.69 Å². The molecule has 0 radical (unpaired) electrons. The molecule has 7 atom stereocenters. The van der Waals surface area contributed by atoms with E-state index < -0.39 is 11.8 Å². The fourth-order valence-electron chi connectivity index (χ4n) is 6.43. The van der Waals surface area contributed by atoms with E-state index in [1.54, 1.807) is 0 Å². The van der Waals surface area contributed by atoms with Gasteiger partial charge >= 0.3 is 0 Å². The van der Waals surface area contributed by atoms with Crippen molar-refractivity contribution in [2.75, 3.05) is 4.90 Å². The van der Waals surface area contributed by atoms with Crippen molar-refractivity contribution in [1.29, 1.82) is 0 Å². The van der Waals surface area contributed by atoms with Crippen LogP contribution < -0.4 is 4.90 Å². The van der Waals surface area contributed by atoms with Gasteiger partial charge in [0.1, 0.15) is 0 Å². The SMILES string of the molecule is Cc1cccc(C)c1N1C(=O)[C@@H]2[C@H]3C[C@H]4[C@H](O[C@]1(C(C)C)[C@@H]42)[C@@H]3O. The third-order valence-corrected chi connectivity index (χ3v) is 7.20. The first-order valence-electron chi connectivity index (χ1n) is 9.15. The summed E-state index contributed by atoms with van der Waals surface area (Å²) in [5.41, 5.74) is 2.65. The van der Waals surface area contributed by atoms with Crippen molar-refractivity contribution in [3.05, 3.63) is 29.3 Å². The molecule has 0 unspecified atom stereocenters. The lowest BCUT2D eigenvalue weighted by atomic mass is 9.74.